The maximum Gasteiger partial charge on any atom is 0.222 e. The van der Waals surface area contributed by atoms with Crippen molar-refractivity contribution in [3.8, 4) is 0 Å². The van der Waals surface area contributed by atoms with Crippen LogP contribution in [0.5, 0.6) is 0 Å². The summed E-state index contributed by atoms with van der Waals surface area (Å²) in [5.74, 6) is 0.0106. The highest BCUT2D eigenvalue weighted by atomic mass is 16.3. The Hall–Kier alpha value is -1.36. The van der Waals surface area contributed by atoms with Crippen molar-refractivity contribution >= 4 is 5.91 Å². The topological polar surface area (TPSA) is 67.2 Å². The summed E-state index contributed by atoms with van der Waals surface area (Å²) in [6.45, 7) is 4.68. The zero-order chi connectivity index (χ0) is 12.7. The molecule has 2 N–H and O–H groups in total. The van der Waals surface area contributed by atoms with Gasteiger partial charge in [-0.25, -0.2) is 4.98 Å². The first kappa shape index (κ1) is 13.7. The number of rotatable bonds is 7. The van der Waals surface area contributed by atoms with Gasteiger partial charge < -0.3 is 15.0 Å². The van der Waals surface area contributed by atoms with E-state index in [-0.39, 0.29) is 18.1 Å². The highest BCUT2D eigenvalue weighted by Gasteiger charge is 2.23. The molecule has 0 saturated carbocycles. The monoisotopic (exact) mass is 239 g/mol. The van der Waals surface area contributed by atoms with Crippen LogP contribution in [0.15, 0.2) is 18.7 Å². The number of hydrogen-bond donors (Lipinski definition) is 2. The molecule has 96 valence electrons. The van der Waals surface area contributed by atoms with Gasteiger partial charge in [-0.3, -0.25) is 4.79 Å². The van der Waals surface area contributed by atoms with Crippen molar-refractivity contribution in [1.29, 1.82) is 0 Å². The van der Waals surface area contributed by atoms with E-state index in [9.17, 15) is 4.79 Å². The fraction of sp³-hybridized carbons (Fsp3) is 0.667. The van der Waals surface area contributed by atoms with Crippen LogP contribution in [0.1, 0.15) is 33.1 Å². The fourth-order valence-corrected chi connectivity index (χ4v) is 1.62. The average Bonchev–Trinajstić information content (AvgIpc) is 2.79. The summed E-state index contributed by atoms with van der Waals surface area (Å²) < 4.78 is 1.87. The van der Waals surface area contributed by atoms with Crippen LogP contribution >= 0.6 is 0 Å². The molecule has 0 aliphatic rings. The van der Waals surface area contributed by atoms with Crippen LogP contribution < -0.4 is 5.32 Å². The first-order valence-electron chi connectivity index (χ1n) is 5.97. The van der Waals surface area contributed by atoms with E-state index in [2.05, 4.69) is 10.3 Å². The Bertz CT molecular complexity index is 338. The predicted octanol–water partition coefficient (Wildman–Crippen LogP) is 0.940. The molecule has 0 radical (unpaired) electrons. The lowest BCUT2D eigenvalue weighted by Gasteiger charge is -2.29. The van der Waals surface area contributed by atoms with Crippen LogP contribution in [-0.4, -0.2) is 32.7 Å². The first-order chi connectivity index (χ1) is 8.09. The zero-order valence-electron chi connectivity index (χ0n) is 10.5. The van der Waals surface area contributed by atoms with Gasteiger partial charge in [-0.15, -0.1) is 0 Å². The largest absolute Gasteiger partial charge is 0.396 e. The lowest BCUT2D eigenvalue weighted by atomic mass is 9.95. The minimum Gasteiger partial charge on any atom is -0.396 e. The lowest BCUT2D eigenvalue weighted by Crippen LogP contribution is -2.46. The molecule has 5 nitrogen and oxygen atoms in total. The molecule has 0 saturated heterocycles. The second kappa shape index (κ2) is 6.39. The normalized spacial score (nSPS) is 14.3. The molecule has 1 amide bonds. The standard InChI is InChI=1S/C12H21N3O2/c1-3-12(2,5-9-16)14-11(17)4-7-15-8-6-13-10-15/h6,8,10,16H,3-5,7,9H2,1-2H3,(H,14,17). The lowest BCUT2D eigenvalue weighted by molar-refractivity contribution is -0.123. The third-order valence-corrected chi connectivity index (χ3v) is 3.04. The van der Waals surface area contributed by atoms with Crippen LogP contribution in [0.25, 0.3) is 0 Å². The molecule has 1 unspecified atom stereocenters. The van der Waals surface area contributed by atoms with E-state index in [0.717, 1.165) is 6.42 Å². The highest BCUT2D eigenvalue weighted by molar-refractivity contribution is 5.76. The number of carbonyl (C=O) groups excluding carboxylic acids is 1. The summed E-state index contributed by atoms with van der Waals surface area (Å²) in [6.07, 6.45) is 7.04. The van der Waals surface area contributed by atoms with E-state index in [0.29, 0.717) is 19.4 Å². The smallest absolute Gasteiger partial charge is 0.222 e. The SMILES string of the molecule is CCC(C)(CCO)NC(=O)CCn1ccnc1. The van der Waals surface area contributed by atoms with E-state index in [4.69, 9.17) is 5.11 Å². The summed E-state index contributed by atoms with van der Waals surface area (Å²) in [4.78, 5) is 15.7. The van der Waals surface area contributed by atoms with Crippen LogP contribution in [0, 0.1) is 0 Å². The Kier molecular flexibility index (Phi) is 5.15. The van der Waals surface area contributed by atoms with Gasteiger partial charge in [-0.1, -0.05) is 6.92 Å². The molecular weight excluding hydrogens is 218 g/mol. The number of carbonyl (C=O) groups is 1. The van der Waals surface area contributed by atoms with E-state index in [1.165, 1.54) is 0 Å². The van der Waals surface area contributed by atoms with Crippen LogP contribution in [-0.2, 0) is 11.3 Å². The van der Waals surface area contributed by atoms with Gasteiger partial charge >= 0.3 is 0 Å². The van der Waals surface area contributed by atoms with Crippen LogP contribution in [0.3, 0.4) is 0 Å². The highest BCUT2D eigenvalue weighted by Crippen LogP contribution is 2.13. The van der Waals surface area contributed by atoms with Crippen molar-refractivity contribution < 1.29 is 9.90 Å². The third-order valence-electron chi connectivity index (χ3n) is 3.04. The number of aryl methyl sites for hydroxylation is 1. The molecule has 1 rings (SSSR count). The Balaban J connectivity index is 2.37. The van der Waals surface area contributed by atoms with Crippen LogP contribution in [0.2, 0.25) is 0 Å². The maximum absolute atomic E-state index is 11.8. The zero-order valence-corrected chi connectivity index (χ0v) is 10.5. The van der Waals surface area contributed by atoms with Crippen molar-refractivity contribution in [2.45, 2.75) is 45.2 Å². The summed E-state index contributed by atoms with van der Waals surface area (Å²) in [6, 6.07) is 0. The van der Waals surface area contributed by atoms with E-state index in [1.807, 2.05) is 24.6 Å². The number of nitrogens with zero attached hydrogens (tertiary/aromatic N) is 2. The molecule has 0 bridgehead atoms. The van der Waals surface area contributed by atoms with Crippen molar-refractivity contribution in [1.82, 2.24) is 14.9 Å². The first-order valence-corrected chi connectivity index (χ1v) is 5.97. The van der Waals surface area contributed by atoms with Crippen molar-refractivity contribution in [3.05, 3.63) is 18.7 Å². The summed E-state index contributed by atoms with van der Waals surface area (Å²) >= 11 is 0. The number of aliphatic hydroxyl groups excluding tert-OH is 1. The molecule has 0 aliphatic heterocycles. The van der Waals surface area contributed by atoms with Gasteiger partial charge in [0.1, 0.15) is 0 Å². The second-order valence-electron chi connectivity index (χ2n) is 4.49. The Morgan fingerprint density at radius 1 is 1.59 bits per heavy atom. The van der Waals surface area contributed by atoms with Gasteiger partial charge in [-0.2, -0.15) is 0 Å². The molecule has 0 aromatic carbocycles. The third kappa shape index (κ3) is 4.56. The molecular formula is C12H21N3O2. The number of aliphatic hydroxyl groups is 1. The minimum absolute atomic E-state index is 0.0106. The predicted molar refractivity (Wildman–Crippen MR) is 65.4 cm³/mol. The fourth-order valence-electron chi connectivity index (χ4n) is 1.62. The quantitative estimate of drug-likeness (QED) is 0.744. The van der Waals surface area contributed by atoms with Crippen molar-refractivity contribution in [3.63, 3.8) is 0 Å². The molecule has 1 aromatic rings. The van der Waals surface area contributed by atoms with Crippen molar-refractivity contribution in [2.24, 2.45) is 0 Å². The molecule has 1 heterocycles. The molecule has 0 spiro atoms. The van der Waals surface area contributed by atoms with Gasteiger partial charge in [-0.05, 0) is 19.8 Å². The molecule has 5 heteroatoms. The van der Waals surface area contributed by atoms with Gasteiger partial charge in [0.05, 0.1) is 6.33 Å². The number of aromatic nitrogens is 2. The number of amides is 1. The molecule has 0 fully saturated rings. The number of hydrogen-bond acceptors (Lipinski definition) is 3. The average molecular weight is 239 g/mol. The van der Waals surface area contributed by atoms with E-state index >= 15 is 0 Å². The van der Waals surface area contributed by atoms with Gasteiger partial charge in [0, 0.05) is 37.5 Å². The molecule has 1 atom stereocenters. The van der Waals surface area contributed by atoms with Crippen molar-refractivity contribution in [2.75, 3.05) is 6.61 Å². The number of nitrogens with one attached hydrogen (secondary N) is 1. The minimum atomic E-state index is -0.305. The molecule has 1 aromatic heterocycles. The second-order valence-corrected chi connectivity index (χ2v) is 4.49. The Morgan fingerprint density at radius 2 is 2.35 bits per heavy atom. The summed E-state index contributed by atoms with van der Waals surface area (Å²) in [7, 11) is 0. The molecule has 17 heavy (non-hydrogen) atoms. The van der Waals surface area contributed by atoms with Gasteiger partial charge in [0.15, 0.2) is 0 Å². The number of imidazole rings is 1. The molecule has 0 aliphatic carbocycles. The Labute approximate surface area is 102 Å². The van der Waals surface area contributed by atoms with Gasteiger partial charge in [0.2, 0.25) is 5.91 Å². The van der Waals surface area contributed by atoms with Gasteiger partial charge in [0.25, 0.3) is 0 Å². The maximum atomic E-state index is 11.8. The summed E-state index contributed by atoms with van der Waals surface area (Å²) in [5, 5.41) is 11.9. The summed E-state index contributed by atoms with van der Waals surface area (Å²) in [5.41, 5.74) is -0.305. The van der Waals surface area contributed by atoms with E-state index in [1.54, 1.807) is 12.5 Å². The van der Waals surface area contributed by atoms with E-state index < -0.39 is 0 Å². The van der Waals surface area contributed by atoms with Crippen LogP contribution in [0.4, 0.5) is 0 Å². The Morgan fingerprint density at radius 3 is 2.88 bits per heavy atom.